The van der Waals surface area contributed by atoms with Gasteiger partial charge in [-0.3, -0.25) is 28.8 Å². The molecule has 4 aromatic rings. The van der Waals surface area contributed by atoms with Crippen LogP contribution < -0.4 is 21.3 Å². The number of hydrogen-bond acceptors (Lipinski definition) is 8. The third kappa shape index (κ3) is 7.23. The average molecular weight is 603 g/mol. The Kier molecular flexibility index (Phi) is 9.40. The van der Waals surface area contributed by atoms with Crippen molar-refractivity contribution in [3.05, 3.63) is 76.0 Å². The third-order valence-electron chi connectivity index (χ3n) is 7.38. The quantitative estimate of drug-likeness (QED) is 0.273. The lowest BCUT2D eigenvalue weighted by molar-refractivity contribution is -0.130. The van der Waals surface area contributed by atoms with Gasteiger partial charge in [0.15, 0.2) is 0 Å². The molecule has 4 amide bonds. The van der Waals surface area contributed by atoms with E-state index in [4.69, 9.17) is 0 Å². The van der Waals surface area contributed by atoms with Gasteiger partial charge in [0, 0.05) is 25.2 Å². The van der Waals surface area contributed by atoms with Crippen LogP contribution >= 0.6 is 11.3 Å². The monoisotopic (exact) mass is 602 g/mol. The second-order valence-electron chi connectivity index (χ2n) is 10.5. The van der Waals surface area contributed by atoms with Gasteiger partial charge in [-0.15, -0.1) is 11.3 Å². The van der Waals surface area contributed by atoms with E-state index >= 15 is 0 Å². The van der Waals surface area contributed by atoms with Crippen LogP contribution in [0.4, 0.5) is 0 Å². The summed E-state index contributed by atoms with van der Waals surface area (Å²) in [5.74, 6) is -1.60. The lowest BCUT2D eigenvalue weighted by Crippen LogP contribution is -2.54. The van der Waals surface area contributed by atoms with Gasteiger partial charge in [-0.2, -0.15) is 5.10 Å². The zero-order chi connectivity index (χ0) is 30.3. The van der Waals surface area contributed by atoms with Crippen molar-refractivity contribution < 1.29 is 19.2 Å². The highest BCUT2D eigenvalue weighted by atomic mass is 32.1. The first-order valence-electron chi connectivity index (χ1n) is 14.3. The minimum Gasteiger partial charge on any atom is -0.351 e. The highest BCUT2D eigenvalue weighted by Gasteiger charge is 2.29. The number of benzene rings is 1. The summed E-state index contributed by atoms with van der Waals surface area (Å²) >= 11 is 1.31. The van der Waals surface area contributed by atoms with Crippen molar-refractivity contribution in [2.45, 2.75) is 57.2 Å². The van der Waals surface area contributed by atoms with E-state index in [9.17, 15) is 19.2 Å². The van der Waals surface area contributed by atoms with Crippen molar-refractivity contribution in [3.8, 4) is 0 Å². The number of amides is 4. The first-order chi connectivity index (χ1) is 20.8. The number of thiazole rings is 1. The first-order valence-corrected chi connectivity index (χ1v) is 15.2. The molecule has 1 aliphatic rings. The number of nitrogens with one attached hydrogen (secondary N) is 4. The fourth-order valence-corrected chi connectivity index (χ4v) is 5.78. The van der Waals surface area contributed by atoms with Gasteiger partial charge in [0.25, 0.3) is 11.8 Å². The number of aryl methyl sites for hydroxylation is 1. The Morgan fingerprint density at radius 1 is 1.07 bits per heavy atom. The summed E-state index contributed by atoms with van der Waals surface area (Å²) in [6, 6.07) is 9.09. The molecule has 13 heteroatoms. The van der Waals surface area contributed by atoms with Crippen molar-refractivity contribution in [1.29, 1.82) is 0 Å². The normalized spacial score (nSPS) is 20.2. The molecular weight excluding hydrogens is 568 g/mol. The maximum Gasteiger partial charge on any atom is 0.270 e. The summed E-state index contributed by atoms with van der Waals surface area (Å²) in [7, 11) is 1.76. The molecule has 1 aliphatic heterocycles. The van der Waals surface area contributed by atoms with Gasteiger partial charge in [0.1, 0.15) is 28.3 Å². The van der Waals surface area contributed by atoms with E-state index in [1.807, 2.05) is 37.3 Å². The lowest BCUT2D eigenvalue weighted by Gasteiger charge is -2.25. The van der Waals surface area contributed by atoms with E-state index in [0.29, 0.717) is 65.9 Å². The molecule has 0 saturated carbocycles. The Balaban J connectivity index is 1.37. The van der Waals surface area contributed by atoms with Gasteiger partial charge in [-0.25, -0.2) is 4.98 Å². The average Bonchev–Trinajstić information content (AvgIpc) is 3.65. The van der Waals surface area contributed by atoms with Crippen LogP contribution in [0.2, 0.25) is 0 Å². The van der Waals surface area contributed by atoms with Crippen molar-refractivity contribution in [2.75, 3.05) is 6.54 Å². The van der Waals surface area contributed by atoms with E-state index in [0.717, 1.165) is 5.56 Å². The maximum absolute atomic E-state index is 13.5. The molecule has 5 rings (SSSR count). The van der Waals surface area contributed by atoms with Crippen LogP contribution in [0.15, 0.2) is 54.2 Å². The van der Waals surface area contributed by atoms with Crippen LogP contribution in [-0.4, -0.2) is 62.0 Å². The van der Waals surface area contributed by atoms with Crippen LogP contribution in [0.25, 0.3) is 11.0 Å². The number of nitrogens with zero attached hydrogens (tertiary/aromatic N) is 4. The molecule has 3 aromatic heterocycles. The Labute approximate surface area is 252 Å². The fourth-order valence-electron chi connectivity index (χ4n) is 4.93. The topological polar surface area (TPSA) is 160 Å². The summed E-state index contributed by atoms with van der Waals surface area (Å²) in [4.78, 5) is 61.9. The molecule has 3 atom stereocenters. The maximum atomic E-state index is 13.5. The third-order valence-corrected chi connectivity index (χ3v) is 8.34. The Morgan fingerprint density at radius 3 is 2.65 bits per heavy atom. The molecule has 1 aromatic carbocycles. The van der Waals surface area contributed by atoms with Gasteiger partial charge < -0.3 is 21.3 Å². The van der Waals surface area contributed by atoms with Gasteiger partial charge in [0.2, 0.25) is 11.8 Å². The molecule has 12 nitrogen and oxygen atoms in total. The number of aromatic nitrogens is 4. The van der Waals surface area contributed by atoms with E-state index in [2.05, 4.69) is 36.3 Å². The van der Waals surface area contributed by atoms with E-state index in [-0.39, 0.29) is 11.8 Å². The van der Waals surface area contributed by atoms with Crippen molar-refractivity contribution in [3.63, 3.8) is 0 Å². The van der Waals surface area contributed by atoms with Gasteiger partial charge >= 0.3 is 0 Å². The molecule has 2 bridgehead atoms. The molecule has 0 spiro atoms. The summed E-state index contributed by atoms with van der Waals surface area (Å²) in [6.45, 7) is 2.19. The molecule has 4 heterocycles. The van der Waals surface area contributed by atoms with Crippen LogP contribution in [0.5, 0.6) is 0 Å². The molecule has 0 unspecified atom stereocenters. The van der Waals surface area contributed by atoms with E-state index in [1.165, 1.54) is 17.5 Å². The Bertz CT molecular complexity index is 1620. The SMILES string of the molecule is CC[C@H]1NC(=O)[C@@H](NC(=O)c2cnc3cnn(C)c3c2)CCCCNC(=O)c2csc(n2)[C@H](Cc2ccccc2)NC1=O. The molecular formula is C30H34N8O4S. The predicted molar refractivity (Wildman–Crippen MR) is 161 cm³/mol. The largest absolute Gasteiger partial charge is 0.351 e. The zero-order valence-corrected chi connectivity index (χ0v) is 24.8. The lowest BCUT2D eigenvalue weighted by atomic mass is 10.0. The number of hydrogen-bond donors (Lipinski definition) is 4. The van der Waals surface area contributed by atoms with Gasteiger partial charge in [0.05, 0.1) is 23.3 Å². The first kappa shape index (κ1) is 29.8. The van der Waals surface area contributed by atoms with Crippen LogP contribution in [-0.2, 0) is 23.1 Å². The Morgan fingerprint density at radius 2 is 1.86 bits per heavy atom. The number of carbonyl (C=O) groups is 4. The highest BCUT2D eigenvalue weighted by Crippen LogP contribution is 2.23. The fraction of sp³-hybridized carbons (Fsp3) is 0.367. The van der Waals surface area contributed by atoms with Gasteiger partial charge in [-0.1, -0.05) is 37.3 Å². The molecule has 4 N–H and O–H groups in total. The van der Waals surface area contributed by atoms with Gasteiger partial charge in [-0.05, 0) is 43.7 Å². The molecule has 0 saturated heterocycles. The molecule has 224 valence electrons. The zero-order valence-electron chi connectivity index (χ0n) is 24.0. The second-order valence-corrected chi connectivity index (χ2v) is 11.4. The summed E-state index contributed by atoms with van der Waals surface area (Å²) < 4.78 is 1.62. The highest BCUT2D eigenvalue weighted by molar-refractivity contribution is 7.09. The predicted octanol–water partition coefficient (Wildman–Crippen LogP) is 2.43. The summed E-state index contributed by atoms with van der Waals surface area (Å²) in [5.41, 5.74) is 2.91. The van der Waals surface area contributed by atoms with Crippen molar-refractivity contribution >= 4 is 46.0 Å². The molecule has 0 radical (unpaired) electrons. The molecule has 43 heavy (non-hydrogen) atoms. The van der Waals surface area contributed by atoms with Crippen LogP contribution in [0.1, 0.15) is 70.1 Å². The second kappa shape index (κ2) is 13.6. The minimum atomic E-state index is -0.904. The minimum absolute atomic E-state index is 0.291. The van der Waals surface area contributed by atoms with E-state index < -0.39 is 29.9 Å². The van der Waals surface area contributed by atoms with Crippen molar-refractivity contribution in [2.24, 2.45) is 7.05 Å². The smallest absolute Gasteiger partial charge is 0.270 e. The number of fused-ring (bicyclic) bond motifs is 3. The molecule has 0 aliphatic carbocycles. The van der Waals surface area contributed by atoms with Crippen LogP contribution in [0.3, 0.4) is 0 Å². The summed E-state index contributed by atoms with van der Waals surface area (Å²) in [6.07, 6.45) is 5.29. The standard InChI is InChI=1S/C30H34N8O4S/c1-3-20-28(41)36-22(13-18-9-5-4-6-10-18)30-37-24(17-43-30)27(40)31-12-8-7-11-21(29(42)34-20)35-26(39)19-14-25-23(32-15-19)16-33-38(25)2/h4-6,9-10,14-17,20-22H,3,7-8,11-13H2,1-2H3,(H,31,40)(H,34,42)(H,35,39)(H,36,41)/t20-,21+,22+/m1/s1. The molecule has 0 fully saturated rings. The van der Waals surface area contributed by atoms with Crippen molar-refractivity contribution in [1.82, 2.24) is 41.0 Å². The summed E-state index contributed by atoms with van der Waals surface area (Å²) in [5, 5.41) is 18.0. The number of carbonyl (C=O) groups excluding carboxylic acids is 4. The number of pyridine rings is 1. The van der Waals surface area contributed by atoms with E-state index in [1.54, 1.807) is 29.4 Å². The Hall–Kier alpha value is -4.65. The number of rotatable bonds is 5. The van der Waals surface area contributed by atoms with Crippen LogP contribution in [0, 0.1) is 0 Å².